The molecule has 2 atom stereocenters. The summed E-state index contributed by atoms with van der Waals surface area (Å²) in [5.41, 5.74) is 3.53. The van der Waals surface area contributed by atoms with Gasteiger partial charge in [0.2, 0.25) is 5.91 Å². The number of carbonyl (C=O) groups is 1. The van der Waals surface area contributed by atoms with Gasteiger partial charge in [-0.25, -0.2) is 0 Å². The zero-order chi connectivity index (χ0) is 24.2. The summed E-state index contributed by atoms with van der Waals surface area (Å²) in [6.07, 6.45) is 3.77. The lowest BCUT2D eigenvalue weighted by Gasteiger charge is -2.28. The maximum Gasteiger partial charge on any atom is 0.244 e. The molecular weight excluding hydrogens is 458 g/mol. The summed E-state index contributed by atoms with van der Waals surface area (Å²) in [7, 11) is 1.65. The Bertz CT molecular complexity index is 1330. The van der Waals surface area contributed by atoms with Crippen molar-refractivity contribution in [3.8, 4) is 11.4 Å². The van der Waals surface area contributed by atoms with Crippen molar-refractivity contribution in [1.29, 1.82) is 0 Å². The smallest absolute Gasteiger partial charge is 0.244 e. The number of methoxy groups -OCH3 is 1. The van der Waals surface area contributed by atoms with E-state index in [2.05, 4.69) is 26.3 Å². The summed E-state index contributed by atoms with van der Waals surface area (Å²) in [5, 5.41) is 6.88. The lowest BCUT2D eigenvalue weighted by Crippen LogP contribution is -2.37. The normalized spacial score (nSPS) is 17.2. The molecule has 1 aliphatic heterocycles. The number of benzene rings is 2. The van der Waals surface area contributed by atoms with Crippen molar-refractivity contribution < 1.29 is 9.53 Å². The van der Waals surface area contributed by atoms with Gasteiger partial charge in [0.05, 0.1) is 24.9 Å². The first kappa shape index (κ1) is 22.6. The number of rotatable bonds is 7. The second-order valence-electron chi connectivity index (χ2n) is 8.17. The summed E-state index contributed by atoms with van der Waals surface area (Å²) < 4.78 is 7.53. The molecule has 0 unspecified atom stereocenters. The van der Waals surface area contributed by atoms with E-state index in [0.29, 0.717) is 5.11 Å². The summed E-state index contributed by atoms with van der Waals surface area (Å²) in [4.78, 5) is 19.5. The van der Waals surface area contributed by atoms with Gasteiger partial charge in [-0.05, 0) is 60.7 Å². The number of para-hydroxylation sites is 1. The molecule has 176 valence electrons. The maximum atomic E-state index is 13.0. The van der Waals surface area contributed by atoms with Crippen LogP contribution in [0.3, 0.4) is 0 Å². The molecule has 5 rings (SSSR count). The fraction of sp³-hybridized carbons (Fsp3) is 0.148. The number of carbonyl (C=O) groups excluding carboxylic acids is 1. The first-order chi connectivity index (χ1) is 17.1. The maximum absolute atomic E-state index is 13.0. The van der Waals surface area contributed by atoms with Crippen molar-refractivity contribution in [3.05, 3.63) is 109 Å². The van der Waals surface area contributed by atoms with Crippen LogP contribution in [-0.4, -0.2) is 39.1 Å². The van der Waals surface area contributed by atoms with Gasteiger partial charge in [-0.15, -0.1) is 0 Å². The van der Waals surface area contributed by atoms with Gasteiger partial charge in [-0.2, -0.15) is 0 Å². The van der Waals surface area contributed by atoms with Crippen LogP contribution < -0.4 is 15.4 Å². The number of hydrogen-bond donors (Lipinski definition) is 2. The van der Waals surface area contributed by atoms with Crippen molar-refractivity contribution in [1.82, 2.24) is 19.8 Å². The van der Waals surface area contributed by atoms with Crippen LogP contribution in [0, 0.1) is 0 Å². The van der Waals surface area contributed by atoms with Gasteiger partial charge in [-0.3, -0.25) is 9.78 Å². The van der Waals surface area contributed by atoms with Gasteiger partial charge >= 0.3 is 0 Å². The fourth-order valence-electron chi connectivity index (χ4n) is 4.40. The second kappa shape index (κ2) is 9.99. The van der Waals surface area contributed by atoms with Crippen LogP contribution in [0.2, 0.25) is 0 Å². The van der Waals surface area contributed by atoms with Gasteiger partial charge in [0.15, 0.2) is 5.11 Å². The third kappa shape index (κ3) is 4.74. The molecule has 1 saturated heterocycles. The Hall–Kier alpha value is -4.17. The molecule has 0 aliphatic carbocycles. The van der Waals surface area contributed by atoms with Crippen LogP contribution in [0.4, 0.5) is 5.69 Å². The largest absolute Gasteiger partial charge is 0.497 e. The van der Waals surface area contributed by atoms with Crippen LogP contribution in [0.5, 0.6) is 5.75 Å². The molecular formula is C27H25N5O2S. The van der Waals surface area contributed by atoms with Crippen molar-refractivity contribution in [3.63, 3.8) is 0 Å². The van der Waals surface area contributed by atoms with Gasteiger partial charge in [0, 0.05) is 35.5 Å². The van der Waals surface area contributed by atoms with Crippen molar-refractivity contribution in [2.24, 2.45) is 0 Å². The average Bonchev–Trinajstić information content (AvgIpc) is 3.50. The molecule has 2 aromatic heterocycles. The Morgan fingerprint density at radius 1 is 1.06 bits per heavy atom. The van der Waals surface area contributed by atoms with Gasteiger partial charge in [0.1, 0.15) is 12.3 Å². The molecule has 0 saturated carbocycles. The highest BCUT2D eigenvalue weighted by molar-refractivity contribution is 7.80. The van der Waals surface area contributed by atoms with Crippen LogP contribution in [0.15, 0.2) is 97.3 Å². The zero-order valence-corrected chi connectivity index (χ0v) is 20.0. The molecule has 1 fully saturated rings. The molecule has 0 bridgehead atoms. The lowest BCUT2D eigenvalue weighted by atomic mass is 10.0. The fourth-order valence-corrected chi connectivity index (χ4v) is 4.71. The van der Waals surface area contributed by atoms with Gasteiger partial charge < -0.3 is 24.8 Å². The Morgan fingerprint density at radius 2 is 1.89 bits per heavy atom. The quantitative estimate of drug-likeness (QED) is 0.378. The summed E-state index contributed by atoms with van der Waals surface area (Å²) in [6, 6.07) is 26.6. The van der Waals surface area contributed by atoms with E-state index in [1.165, 1.54) is 0 Å². The van der Waals surface area contributed by atoms with Crippen molar-refractivity contribution in [2.75, 3.05) is 19.0 Å². The third-order valence-corrected chi connectivity index (χ3v) is 6.34. The van der Waals surface area contributed by atoms with Gasteiger partial charge in [-0.1, -0.05) is 30.3 Å². The van der Waals surface area contributed by atoms with E-state index in [4.69, 9.17) is 17.0 Å². The van der Waals surface area contributed by atoms with Crippen LogP contribution in [0.1, 0.15) is 23.5 Å². The van der Waals surface area contributed by atoms with E-state index >= 15 is 0 Å². The number of pyridine rings is 1. The molecule has 0 radical (unpaired) electrons. The SMILES string of the molecule is COc1cccc(-n2cccc2[C@H]2[C@@H](c3ccccn3)NC(=S)N2CC(=O)Nc2ccccc2)c1. The summed E-state index contributed by atoms with van der Waals surface area (Å²) >= 11 is 5.73. The molecule has 1 amide bonds. The molecule has 35 heavy (non-hydrogen) atoms. The minimum Gasteiger partial charge on any atom is -0.497 e. The first-order valence-electron chi connectivity index (χ1n) is 11.3. The summed E-state index contributed by atoms with van der Waals surface area (Å²) in [5.74, 6) is 0.620. The molecule has 3 heterocycles. The number of nitrogens with zero attached hydrogens (tertiary/aromatic N) is 3. The number of hydrogen-bond acceptors (Lipinski definition) is 4. The Kier molecular flexibility index (Phi) is 6.45. The Balaban J connectivity index is 1.52. The molecule has 8 heteroatoms. The monoisotopic (exact) mass is 483 g/mol. The number of anilines is 1. The van der Waals surface area contributed by atoms with E-state index in [-0.39, 0.29) is 24.5 Å². The number of aromatic nitrogens is 2. The minimum absolute atomic E-state index is 0.0953. The zero-order valence-electron chi connectivity index (χ0n) is 19.2. The molecule has 2 N–H and O–H groups in total. The predicted molar refractivity (Wildman–Crippen MR) is 140 cm³/mol. The van der Waals surface area contributed by atoms with Crippen LogP contribution in [-0.2, 0) is 4.79 Å². The first-order valence-corrected chi connectivity index (χ1v) is 11.7. The average molecular weight is 484 g/mol. The molecule has 2 aromatic carbocycles. The molecule has 1 aliphatic rings. The highest BCUT2D eigenvalue weighted by Crippen LogP contribution is 2.39. The lowest BCUT2D eigenvalue weighted by molar-refractivity contribution is -0.116. The van der Waals surface area contributed by atoms with E-state index in [0.717, 1.165) is 28.5 Å². The third-order valence-electron chi connectivity index (χ3n) is 5.98. The highest BCUT2D eigenvalue weighted by Gasteiger charge is 2.42. The standard InChI is InChI=1S/C27H25N5O2S/c1-34-21-12-7-11-20(17-21)31-16-8-14-23(31)26-25(22-13-5-6-15-28-22)30-27(35)32(26)18-24(33)29-19-9-3-2-4-10-19/h2-17,25-26H,18H2,1H3,(H,29,33)(H,30,35)/t25-,26+/m1/s1. The number of amides is 1. The predicted octanol–water partition coefficient (Wildman–Crippen LogP) is 4.49. The van der Waals surface area contributed by atoms with E-state index < -0.39 is 0 Å². The summed E-state index contributed by atoms with van der Waals surface area (Å²) in [6.45, 7) is 0.0953. The van der Waals surface area contributed by atoms with Crippen molar-refractivity contribution >= 4 is 28.9 Å². The Morgan fingerprint density at radius 3 is 2.66 bits per heavy atom. The van der Waals surface area contributed by atoms with Crippen molar-refractivity contribution in [2.45, 2.75) is 12.1 Å². The van der Waals surface area contributed by atoms with Crippen LogP contribution >= 0.6 is 12.2 Å². The van der Waals surface area contributed by atoms with E-state index in [9.17, 15) is 4.79 Å². The molecule has 7 nitrogen and oxygen atoms in total. The topological polar surface area (TPSA) is 71.4 Å². The van der Waals surface area contributed by atoms with Crippen LogP contribution in [0.25, 0.3) is 5.69 Å². The number of thiocarbonyl (C=S) groups is 1. The Labute approximate surface area is 209 Å². The molecule has 0 spiro atoms. The molecule has 4 aromatic rings. The van der Waals surface area contributed by atoms with E-state index in [1.54, 1.807) is 13.3 Å². The van der Waals surface area contributed by atoms with E-state index in [1.807, 2.05) is 90.0 Å². The number of ether oxygens (including phenoxy) is 1. The number of nitrogens with one attached hydrogen (secondary N) is 2. The minimum atomic E-state index is -0.264. The van der Waals surface area contributed by atoms with Gasteiger partial charge in [0.25, 0.3) is 0 Å². The highest BCUT2D eigenvalue weighted by atomic mass is 32.1. The second-order valence-corrected chi connectivity index (χ2v) is 8.56.